The van der Waals surface area contributed by atoms with Crippen molar-refractivity contribution in [3.63, 3.8) is 0 Å². The summed E-state index contributed by atoms with van der Waals surface area (Å²) in [6.07, 6.45) is 0.358. The van der Waals surface area contributed by atoms with Crippen molar-refractivity contribution in [3.05, 3.63) is 64.3 Å². The number of aryl methyl sites for hydroxylation is 1. The van der Waals surface area contributed by atoms with E-state index in [4.69, 9.17) is 26.4 Å². The van der Waals surface area contributed by atoms with Crippen LogP contribution in [0.2, 0.25) is 5.02 Å². The summed E-state index contributed by atoms with van der Waals surface area (Å²) in [5.41, 5.74) is 3.73. The lowest BCUT2D eigenvalue weighted by atomic mass is 9.86. The summed E-state index contributed by atoms with van der Waals surface area (Å²) >= 11 is 7.70. The third-order valence-electron chi connectivity index (χ3n) is 5.12. The quantitative estimate of drug-likeness (QED) is 0.506. The molecule has 0 saturated carbocycles. The van der Waals surface area contributed by atoms with Crippen molar-refractivity contribution in [1.82, 2.24) is 14.8 Å². The van der Waals surface area contributed by atoms with Crippen molar-refractivity contribution >= 4 is 44.9 Å². The molecular weight excluding hydrogens is 408 g/mol. The van der Waals surface area contributed by atoms with E-state index in [2.05, 4.69) is 5.32 Å². The molecule has 1 aliphatic rings. The van der Waals surface area contributed by atoms with E-state index < -0.39 is 0 Å². The number of nitrogens with zero attached hydrogens (tertiary/aromatic N) is 3. The molecule has 2 aromatic carbocycles. The van der Waals surface area contributed by atoms with Crippen LogP contribution in [0.1, 0.15) is 29.2 Å². The molecule has 1 atom stereocenters. The van der Waals surface area contributed by atoms with Crippen molar-refractivity contribution in [3.8, 4) is 10.9 Å². The number of carbonyl (C=O) groups is 1. The maximum atomic E-state index is 12.5. The number of halogens is 1. The number of fused-ring (bicyclic) bond motifs is 2. The number of methoxy groups -OCH3 is 1. The van der Waals surface area contributed by atoms with Gasteiger partial charge < -0.3 is 10.1 Å². The second-order valence-corrected chi connectivity index (χ2v) is 8.40. The highest BCUT2D eigenvalue weighted by molar-refractivity contribution is 7.20. The third-order valence-corrected chi connectivity index (χ3v) is 6.35. The van der Waals surface area contributed by atoms with Crippen molar-refractivity contribution in [2.45, 2.75) is 19.3 Å². The fraction of sp³-hybridized carbons (Fsp3) is 0.190. The van der Waals surface area contributed by atoms with Gasteiger partial charge in [-0.3, -0.25) is 4.79 Å². The Balaban J connectivity index is 1.66. The van der Waals surface area contributed by atoms with Gasteiger partial charge in [0.15, 0.2) is 0 Å². The maximum Gasteiger partial charge on any atom is 0.226 e. The van der Waals surface area contributed by atoms with Crippen LogP contribution in [0, 0.1) is 6.92 Å². The fourth-order valence-electron chi connectivity index (χ4n) is 3.80. The van der Waals surface area contributed by atoms with E-state index in [1.54, 1.807) is 11.8 Å². The van der Waals surface area contributed by atoms with Crippen LogP contribution >= 0.6 is 22.9 Å². The smallest absolute Gasteiger partial charge is 0.226 e. The normalized spacial score (nSPS) is 16.0. The van der Waals surface area contributed by atoms with Gasteiger partial charge >= 0.3 is 0 Å². The Morgan fingerprint density at radius 3 is 2.93 bits per heavy atom. The van der Waals surface area contributed by atoms with Gasteiger partial charge in [0.05, 0.1) is 23.0 Å². The molecule has 2 aromatic heterocycles. The van der Waals surface area contributed by atoms with Gasteiger partial charge in [0.2, 0.25) is 11.0 Å². The molecule has 1 N–H and O–H groups in total. The summed E-state index contributed by atoms with van der Waals surface area (Å²) in [4.78, 5) is 17.2. The molecule has 1 amide bonds. The van der Waals surface area contributed by atoms with E-state index in [0.29, 0.717) is 22.4 Å². The molecule has 5 rings (SSSR count). The number of aromatic nitrogens is 3. The molecule has 6 nitrogen and oxygen atoms in total. The number of anilines is 1. The van der Waals surface area contributed by atoms with E-state index in [9.17, 15) is 4.79 Å². The Hall–Kier alpha value is -2.90. The first kappa shape index (κ1) is 18.1. The minimum absolute atomic E-state index is 0.0496. The highest BCUT2D eigenvalue weighted by Crippen LogP contribution is 2.41. The van der Waals surface area contributed by atoms with Crippen molar-refractivity contribution < 1.29 is 9.53 Å². The second kappa shape index (κ2) is 6.86. The van der Waals surface area contributed by atoms with E-state index in [1.807, 2.05) is 49.4 Å². The number of carbonyl (C=O) groups excluding carboxylic acids is 1. The fourth-order valence-corrected chi connectivity index (χ4v) is 4.96. The average molecular weight is 425 g/mol. The molecule has 1 aliphatic heterocycles. The zero-order valence-electron chi connectivity index (χ0n) is 15.8. The summed E-state index contributed by atoms with van der Waals surface area (Å²) in [7, 11) is 1.64. The second-order valence-electron chi connectivity index (χ2n) is 6.95. The number of hydrogen-bond donors (Lipinski definition) is 1. The topological polar surface area (TPSA) is 69.0 Å². The Morgan fingerprint density at radius 1 is 1.28 bits per heavy atom. The number of amides is 1. The number of thiazole rings is 1. The molecule has 0 spiro atoms. The van der Waals surface area contributed by atoms with Gasteiger partial charge in [-0.2, -0.15) is 9.78 Å². The van der Waals surface area contributed by atoms with Crippen LogP contribution in [0.4, 0.5) is 5.82 Å². The Kier molecular flexibility index (Phi) is 4.29. The zero-order chi connectivity index (χ0) is 20.1. The van der Waals surface area contributed by atoms with Crippen LogP contribution in [-0.4, -0.2) is 27.8 Å². The van der Waals surface area contributed by atoms with Crippen molar-refractivity contribution in [2.24, 2.45) is 0 Å². The molecule has 8 heteroatoms. The number of ether oxygens (including phenoxy) is 1. The zero-order valence-corrected chi connectivity index (χ0v) is 17.3. The molecule has 0 aliphatic carbocycles. The summed E-state index contributed by atoms with van der Waals surface area (Å²) in [5.74, 6) is 1.31. The van der Waals surface area contributed by atoms with Crippen molar-refractivity contribution in [2.75, 3.05) is 12.4 Å². The van der Waals surface area contributed by atoms with E-state index in [1.165, 1.54) is 11.3 Å². The molecule has 0 unspecified atom stereocenters. The molecule has 0 saturated heterocycles. The van der Waals surface area contributed by atoms with Crippen LogP contribution in [0.3, 0.4) is 0 Å². The predicted molar refractivity (Wildman–Crippen MR) is 115 cm³/mol. The summed E-state index contributed by atoms with van der Waals surface area (Å²) in [6.45, 7) is 1.96. The number of benzene rings is 2. The minimum atomic E-state index is -0.0966. The van der Waals surface area contributed by atoms with Gasteiger partial charge in [-0.25, -0.2) is 4.98 Å². The first-order valence-electron chi connectivity index (χ1n) is 9.13. The highest BCUT2D eigenvalue weighted by Gasteiger charge is 2.33. The van der Waals surface area contributed by atoms with Crippen molar-refractivity contribution in [1.29, 1.82) is 0 Å². The predicted octanol–water partition coefficient (Wildman–Crippen LogP) is 4.93. The summed E-state index contributed by atoms with van der Waals surface area (Å²) in [6, 6.07) is 13.4. The minimum Gasteiger partial charge on any atom is -0.497 e. The Morgan fingerprint density at radius 2 is 2.14 bits per heavy atom. The van der Waals surface area contributed by atoms with Gasteiger partial charge in [-0.05, 0) is 42.8 Å². The first-order valence-corrected chi connectivity index (χ1v) is 10.3. The summed E-state index contributed by atoms with van der Waals surface area (Å²) in [5, 5.41) is 9.07. The van der Waals surface area contributed by atoms with Crippen LogP contribution in [0.15, 0.2) is 42.5 Å². The van der Waals surface area contributed by atoms with E-state index in [0.717, 1.165) is 32.8 Å². The van der Waals surface area contributed by atoms with Crippen LogP contribution in [0.5, 0.6) is 5.75 Å². The standard InChI is InChI=1S/C21H17ClN4O2S/c1-11-19-15(12-4-3-5-13(22)8-12)10-18(27)24-20(19)26(25-11)21-23-16-7-6-14(28-2)9-17(16)29-21/h3-9,15H,10H2,1-2H3,(H,24,27)/t15-/m1/s1. The van der Waals surface area contributed by atoms with Gasteiger partial charge in [0.25, 0.3) is 0 Å². The van der Waals surface area contributed by atoms with Gasteiger partial charge in [0.1, 0.15) is 11.6 Å². The van der Waals surface area contributed by atoms with Crippen LogP contribution in [-0.2, 0) is 4.79 Å². The maximum absolute atomic E-state index is 12.5. The lowest BCUT2D eigenvalue weighted by Gasteiger charge is -2.24. The molecular formula is C21H17ClN4O2S. The van der Waals surface area contributed by atoms with E-state index >= 15 is 0 Å². The molecule has 0 fully saturated rings. The van der Waals surface area contributed by atoms with Gasteiger partial charge in [-0.1, -0.05) is 35.1 Å². The molecule has 4 aromatic rings. The molecule has 0 bridgehead atoms. The Labute approximate surface area is 176 Å². The Bertz CT molecular complexity index is 1260. The number of nitrogens with one attached hydrogen (secondary N) is 1. The van der Waals surface area contributed by atoms with Gasteiger partial charge in [-0.15, -0.1) is 0 Å². The number of hydrogen-bond acceptors (Lipinski definition) is 5. The lowest BCUT2D eigenvalue weighted by Crippen LogP contribution is -2.24. The van der Waals surface area contributed by atoms with Gasteiger partial charge in [0, 0.05) is 22.9 Å². The monoisotopic (exact) mass is 424 g/mol. The molecule has 29 heavy (non-hydrogen) atoms. The molecule has 3 heterocycles. The third kappa shape index (κ3) is 3.07. The van der Waals surface area contributed by atoms with Crippen LogP contribution in [0.25, 0.3) is 15.3 Å². The largest absolute Gasteiger partial charge is 0.497 e. The van der Waals surface area contributed by atoms with Crippen LogP contribution < -0.4 is 10.1 Å². The average Bonchev–Trinajstić information content (AvgIpc) is 3.27. The first-order chi connectivity index (χ1) is 14.0. The highest BCUT2D eigenvalue weighted by atomic mass is 35.5. The summed E-state index contributed by atoms with van der Waals surface area (Å²) < 4.78 is 8.04. The lowest BCUT2D eigenvalue weighted by molar-refractivity contribution is -0.116. The molecule has 0 radical (unpaired) electrons. The SMILES string of the molecule is COc1ccc2nc(-n3nc(C)c4c3NC(=O)C[C@@H]4c3cccc(Cl)c3)sc2c1. The molecule has 146 valence electrons. The van der Waals surface area contributed by atoms with E-state index in [-0.39, 0.29) is 11.8 Å². The number of rotatable bonds is 3.